The zero-order valence-corrected chi connectivity index (χ0v) is 15.9. The Labute approximate surface area is 155 Å². The highest BCUT2D eigenvalue weighted by atomic mass is 16.6. The van der Waals surface area contributed by atoms with Crippen LogP contribution < -0.4 is 4.74 Å². The lowest BCUT2D eigenvalue weighted by Crippen LogP contribution is -2.25. The molecule has 26 heavy (non-hydrogen) atoms. The summed E-state index contributed by atoms with van der Waals surface area (Å²) in [5, 5.41) is 0. The molecule has 1 aromatic carbocycles. The number of ether oxygens (including phenoxy) is 2. The molecular formula is C21H28N2O3. The summed E-state index contributed by atoms with van der Waals surface area (Å²) in [6, 6.07) is 7.19. The molecule has 0 fully saturated rings. The first-order valence-electron chi connectivity index (χ1n) is 9.38. The highest BCUT2D eigenvalue weighted by Gasteiger charge is 2.15. The number of hydrogen-bond donors (Lipinski definition) is 0. The summed E-state index contributed by atoms with van der Waals surface area (Å²) in [4.78, 5) is 20.8. The van der Waals surface area contributed by atoms with Crippen LogP contribution in [0.5, 0.6) is 5.75 Å². The normalized spacial score (nSPS) is 12.0. The first kappa shape index (κ1) is 20.0. The fourth-order valence-corrected chi connectivity index (χ4v) is 2.58. The Hall–Kier alpha value is -2.27. The molecule has 0 bridgehead atoms. The summed E-state index contributed by atoms with van der Waals surface area (Å²) in [6.45, 7) is 6.21. The summed E-state index contributed by atoms with van der Waals surface area (Å²) in [5.41, 5.74) is 2.06. The third-order valence-electron chi connectivity index (χ3n) is 4.10. The van der Waals surface area contributed by atoms with Crippen molar-refractivity contribution < 1.29 is 14.3 Å². The molecule has 0 aliphatic rings. The van der Waals surface area contributed by atoms with Crippen molar-refractivity contribution in [1.82, 2.24) is 9.97 Å². The summed E-state index contributed by atoms with van der Waals surface area (Å²) in [5.74, 6) is 0.754. The van der Waals surface area contributed by atoms with Crippen LogP contribution in [0.3, 0.4) is 0 Å². The Kier molecular flexibility index (Phi) is 8.22. The molecule has 140 valence electrons. The molecule has 0 spiro atoms. The summed E-state index contributed by atoms with van der Waals surface area (Å²) in [6.07, 6.45) is 9.18. The Balaban J connectivity index is 1.92. The number of nitrogens with zero attached hydrogens (tertiary/aromatic N) is 2. The minimum atomic E-state index is -0.576. The van der Waals surface area contributed by atoms with Gasteiger partial charge in [-0.25, -0.2) is 14.8 Å². The number of rotatable bonds is 10. The van der Waals surface area contributed by atoms with E-state index in [4.69, 9.17) is 9.47 Å². The molecule has 1 atom stereocenters. The predicted molar refractivity (Wildman–Crippen MR) is 102 cm³/mol. The third kappa shape index (κ3) is 6.23. The second-order valence-corrected chi connectivity index (χ2v) is 6.27. The van der Waals surface area contributed by atoms with Crippen LogP contribution in [-0.4, -0.2) is 28.6 Å². The van der Waals surface area contributed by atoms with Gasteiger partial charge in [-0.05, 0) is 56.5 Å². The monoisotopic (exact) mass is 356 g/mol. The minimum absolute atomic E-state index is 0.400. The molecule has 1 unspecified atom stereocenters. The quantitative estimate of drug-likeness (QED) is 0.354. The van der Waals surface area contributed by atoms with Crippen LogP contribution in [0, 0.1) is 0 Å². The maximum Gasteiger partial charge on any atom is 0.340 e. The maximum absolute atomic E-state index is 11.9. The van der Waals surface area contributed by atoms with Gasteiger partial charge < -0.3 is 9.47 Å². The first-order chi connectivity index (χ1) is 12.6. The molecule has 0 aliphatic heterocycles. The molecule has 0 saturated carbocycles. The number of benzene rings is 1. The van der Waals surface area contributed by atoms with Gasteiger partial charge in [0.05, 0.1) is 0 Å². The van der Waals surface area contributed by atoms with Gasteiger partial charge in [0.25, 0.3) is 0 Å². The summed E-state index contributed by atoms with van der Waals surface area (Å²) in [7, 11) is 0. The standard InChI is InChI=1S/C21H28N2O3/c1-4-6-7-8-9-17-14-22-20(23-15-17)18-10-12-19(13-11-18)26-21(24)16(3)25-5-2/h10-16H,4-9H2,1-3H3. The summed E-state index contributed by atoms with van der Waals surface area (Å²) >= 11 is 0. The second-order valence-electron chi connectivity index (χ2n) is 6.27. The van der Waals surface area contributed by atoms with Crippen LogP contribution in [0.25, 0.3) is 11.4 Å². The Morgan fingerprint density at radius 3 is 2.35 bits per heavy atom. The highest BCUT2D eigenvalue weighted by molar-refractivity contribution is 5.77. The lowest BCUT2D eigenvalue weighted by Gasteiger charge is -2.11. The van der Waals surface area contributed by atoms with Gasteiger partial charge in [0, 0.05) is 24.6 Å². The number of aromatic nitrogens is 2. The Morgan fingerprint density at radius 2 is 1.73 bits per heavy atom. The van der Waals surface area contributed by atoms with E-state index < -0.39 is 12.1 Å². The van der Waals surface area contributed by atoms with Crippen LogP contribution in [0.4, 0.5) is 0 Å². The minimum Gasteiger partial charge on any atom is -0.425 e. The van der Waals surface area contributed by atoms with Crippen molar-refractivity contribution in [2.75, 3.05) is 6.61 Å². The molecule has 2 aromatic rings. The number of esters is 1. The lowest BCUT2D eigenvalue weighted by atomic mass is 10.1. The molecule has 2 rings (SSSR count). The average Bonchev–Trinajstić information content (AvgIpc) is 2.66. The van der Waals surface area contributed by atoms with Crippen molar-refractivity contribution in [2.24, 2.45) is 0 Å². The molecule has 0 amide bonds. The molecule has 0 saturated heterocycles. The van der Waals surface area contributed by atoms with Crippen molar-refractivity contribution in [1.29, 1.82) is 0 Å². The van der Waals surface area contributed by atoms with Gasteiger partial charge in [0.1, 0.15) is 5.75 Å². The molecule has 1 heterocycles. The average molecular weight is 356 g/mol. The molecular weight excluding hydrogens is 328 g/mol. The number of hydrogen-bond acceptors (Lipinski definition) is 5. The van der Waals surface area contributed by atoms with Crippen LogP contribution in [0.15, 0.2) is 36.7 Å². The maximum atomic E-state index is 11.9. The van der Waals surface area contributed by atoms with Crippen molar-refractivity contribution in [3.8, 4) is 17.1 Å². The number of carbonyl (C=O) groups excluding carboxylic acids is 1. The van der Waals surface area contributed by atoms with E-state index in [9.17, 15) is 4.79 Å². The first-order valence-corrected chi connectivity index (χ1v) is 9.38. The van der Waals surface area contributed by atoms with Crippen molar-refractivity contribution in [2.45, 2.75) is 59.0 Å². The Morgan fingerprint density at radius 1 is 1.04 bits per heavy atom. The van der Waals surface area contributed by atoms with Crippen LogP contribution >= 0.6 is 0 Å². The zero-order chi connectivity index (χ0) is 18.8. The van der Waals surface area contributed by atoms with E-state index in [1.807, 2.05) is 31.5 Å². The number of carbonyl (C=O) groups is 1. The lowest BCUT2D eigenvalue weighted by molar-refractivity contribution is -0.145. The van der Waals surface area contributed by atoms with Crippen molar-refractivity contribution >= 4 is 5.97 Å². The third-order valence-corrected chi connectivity index (χ3v) is 4.10. The molecule has 5 heteroatoms. The van der Waals surface area contributed by atoms with Crippen molar-refractivity contribution in [3.63, 3.8) is 0 Å². The SMILES string of the molecule is CCCCCCc1cnc(-c2ccc(OC(=O)C(C)OCC)cc2)nc1. The largest absolute Gasteiger partial charge is 0.425 e. The number of aryl methyl sites for hydroxylation is 1. The fourth-order valence-electron chi connectivity index (χ4n) is 2.58. The van der Waals surface area contributed by atoms with E-state index >= 15 is 0 Å². The second kappa shape index (κ2) is 10.7. The van der Waals surface area contributed by atoms with E-state index in [1.54, 1.807) is 19.1 Å². The molecule has 5 nitrogen and oxygen atoms in total. The smallest absolute Gasteiger partial charge is 0.340 e. The van der Waals surface area contributed by atoms with Gasteiger partial charge in [-0.2, -0.15) is 0 Å². The van der Waals surface area contributed by atoms with Gasteiger partial charge in [0.2, 0.25) is 0 Å². The molecule has 0 N–H and O–H groups in total. The van der Waals surface area contributed by atoms with Gasteiger partial charge >= 0.3 is 5.97 Å². The van der Waals surface area contributed by atoms with Crippen LogP contribution in [-0.2, 0) is 16.0 Å². The number of unbranched alkanes of at least 4 members (excludes halogenated alkanes) is 3. The van der Waals surface area contributed by atoms with E-state index in [1.165, 1.54) is 31.2 Å². The van der Waals surface area contributed by atoms with Crippen LogP contribution in [0.1, 0.15) is 52.0 Å². The predicted octanol–water partition coefficient (Wildman–Crippen LogP) is 4.60. The van der Waals surface area contributed by atoms with Gasteiger partial charge in [-0.15, -0.1) is 0 Å². The zero-order valence-electron chi connectivity index (χ0n) is 15.9. The van der Waals surface area contributed by atoms with E-state index in [0.29, 0.717) is 18.2 Å². The van der Waals surface area contributed by atoms with Gasteiger partial charge in [-0.1, -0.05) is 26.2 Å². The van der Waals surface area contributed by atoms with Gasteiger partial charge in [-0.3, -0.25) is 0 Å². The van der Waals surface area contributed by atoms with E-state index in [0.717, 1.165) is 12.0 Å². The van der Waals surface area contributed by atoms with E-state index in [2.05, 4.69) is 16.9 Å². The molecule has 0 aliphatic carbocycles. The van der Waals surface area contributed by atoms with Gasteiger partial charge in [0.15, 0.2) is 11.9 Å². The Bertz CT molecular complexity index is 669. The molecule has 1 aromatic heterocycles. The topological polar surface area (TPSA) is 61.3 Å². The van der Waals surface area contributed by atoms with Crippen molar-refractivity contribution in [3.05, 3.63) is 42.2 Å². The van der Waals surface area contributed by atoms with Crippen LogP contribution in [0.2, 0.25) is 0 Å². The highest BCUT2D eigenvalue weighted by Crippen LogP contribution is 2.20. The molecule has 0 radical (unpaired) electrons. The summed E-state index contributed by atoms with van der Waals surface area (Å²) < 4.78 is 10.5. The fraction of sp³-hybridized carbons (Fsp3) is 0.476. The van der Waals surface area contributed by atoms with E-state index in [-0.39, 0.29) is 0 Å².